The number of hydrogen-bond acceptors (Lipinski definition) is 6. The summed E-state index contributed by atoms with van der Waals surface area (Å²) in [6, 6.07) is 9.67. The lowest BCUT2D eigenvalue weighted by atomic mass is 9.83. The third-order valence-electron chi connectivity index (χ3n) is 5.54. The summed E-state index contributed by atoms with van der Waals surface area (Å²) in [5.74, 6) is 1.29. The Morgan fingerprint density at radius 2 is 2.04 bits per heavy atom. The molecule has 0 aliphatic carbocycles. The Bertz CT molecular complexity index is 820. The van der Waals surface area contributed by atoms with Gasteiger partial charge in [-0.05, 0) is 43.4 Å². The molecule has 1 spiro atoms. The van der Waals surface area contributed by atoms with E-state index in [0.717, 1.165) is 36.3 Å². The number of amides is 1. The average Bonchev–Trinajstić information content (AvgIpc) is 2.73. The number of para-hydroxylation sites is 1. The van der Waals surface area contributed by atoms with Gasteiger partial charge >= 0.3 is 0 Å². The second-order valence-electron chi connectivity index (χ2n) is 7.34. The number of carbonyl (C=O) groups excluding carboxylic acids is 1. The lowest BCUT2D eigenvalue weighted by molar-refractivity contribution is -0.141. The van der Waals surface area contributed by atoms with Crippen LogP contribution in [0, 0.1) is 0 Å². The van der Waals surface area contributed by atoms with E-state index in [1.54, 1.807) is 0 Å². The molecular weight excluding hydrogens is 356 g/mol. The first-order valence-corrected chi connectivity index (χ1v) is 9.88. The van der Waals surface area contributed by atoms with E-state index in [-0.39, 0.29) is 11.9 Å². The van der Waals surface area contributed by atoms with Crippen molar-refractivity contribution >= 4 is 11.9 Å². The van der Waals surface area contributed by atoms with Crippen molar-refractivity contribution in [1.82, 2.24) is 14.9 Å². The lowest BCUT2D eigenvalue weighted by Gasteiger charge is -2.44. The van der Waals surface area contributed by atoms with E-state index in [0.29, 0.717) is 39.1 Å². The molecule has 2 aliphatic rings. The number of anilines is 1. The van der Waals surface area contributed by atoms with Crippen molar-refractivity contribution in [3.63, 3.8) is 0 Å². The minimum atomic E-state index is -0.433. The molecule has 0 unspecified atom stereocenters. The number of nitrogen functional groups attached to an aromatic ring is 1. The lowest BCUT2D eigenvalue weighted by Crippen LogP contribution is -2.49. The third kappa shape index (κ3) is 3.94. The maximum absolute atomic E-state index is 12.6. The summed E-state index contributed by atoms with van der Waals surface area (Å²) in [5, 5.41) is 0. The smallest absolute Gasteiger partial charge is 0.222 e. The minimum Gasteiger partial charge on any atom is -0.494 e. The van der Waals surface area contributed by atoms with Crippen molar-refractivity contribution in [2.45, 2.75) is 37.7 Å². The predicted octanol–water partition coefficient (Wildman–Crippen LogP) is 2.31. The van der Waals surface area contributed by atoms with Crippen LogP contribution in [0.25, 0.3) is 0 Å². The molecule has 2 aliphatic heterocycles. The van der Waals surface area contributed by atoms with Gasteiger partial charge in [-0.1, -0.05) is 18.2 Å². The van der Waals surface area contributed by atoms with E-state index < -0.39 is 5.60 Å². The van der Waals surface area contributed by atoms with Crippen molar-refractivity contribution in [2.24, 2.45) is 0 Å². The number of likely N-dealkylation sites (tertiary alicyclic amines) is 1. The third-order valence-corrected chi connectivity index (χ3v) is 5.54. The van der Waals surface area contributed by atoms with Crippen LogP contribution in [0.15, 0.2) is 36.5 Å². The Kier molecular flexibility index (Phi) is 5.43. The van der Waals surface area contributed by atoms with Crippen molar-refractivity contribution in [3.8, 4) is 5.75 Å². The summed E-state index contributed by atoms with van der Waals surface area (Å²) >= 11 is 0. The predicted molar refractivity (Wildman–Crippen MR) is 105 cm³/mol. The van der Waals surface area contributed by atoms with Gasteiger partial charge in [-0.2, -0.15) is 0 Å². The number of ether oxygens (including phenoxy) is 2. The molecular formula is C21H26N4O3. The molecule has 7 heteroatoms. The molecule has 0 bridgehead atoms. The van der Waals surface area contributed by atoms with Gasteiger partial charge in [-0.25, -0.2) is 9.97 Å². The number of rotatable bonds is 5. The summed E-state index contributed by atoms with van der Waals surface area (Å²) in [6.07, 6.45) is 5.30. The Balaban J connectivity index is 1.29. The van der Waals surface area contributed by atoms with Crippen LogP contribution in [0.2, 0.25) is 0 Å². The summed E-state index contributed by atoms with van der Waals surface area (Å²) in [7, 11) is 0. The maximum atomic E-state index is 12.6. The molecule has 2 aromatic rings. The van der Waals surface area contributed by atoms with Crippen LogP contribution >= 0.6 is 0 Å². The maximum Gasteiger partial charge on any atom is 0.222 e. The zero-order valence-electron chi connectivity index (χ0n) is 16.0. The van der Waals surface area contributed by atoms with E-state index in [1.807, 2.05) is 41.4 Å². The molecule has 1 aromatic carbocycles. The molecule has 4 rings (SSSR count). The van der Waals surface area contributed by atoms with Crippen LogP contribution in [-0.2, 0) is 21.6 Å². The highest BCUT2D eigenvalue weighted by Gasteiger charge is 2.43. The van der Waals surface area contributed by atoms with Crippen molar-refractivity contribution < 1.29 is 14.3 Å². The number of hydrogen-bond donors (Lipinski definition) is 1. The first kappa shape index (κ1) is 18.7. The summed E-state index contributed by atoms with van der Waals surface area (Å²) in [6.45, 7) is 2.54. The molecule has 28 heavy (non-hydrogen) atoms. The monoisotopic (exact) mass is 382 g/mol. The number of nitrogens with zero attached hydrogens (tertiary/aromatic N) is 3. The molecule has 1 fully saturated rings. The van der Waals surface area contributed by atoms with Gasteiger partial charge in [-0.3, -0.25) is 4.79 Å². The summed E-state index contributed by atoms with van der Waals surface area (Å²) in [5.41, 5.74) is 7.39. The Morgan fingerprint density at radius 3 is 2.82 bits per heavy atom. The number of fused-ring (bicyclic) bond motifs is 2. The molecule has 1 saturated heterocycles. The Morgan fingerprint density at radius 1 is 1.25 bits per heavy atom. The Labute approximate surface area is 164 Å². The minimum absolute atomic E-state index is 0.171. The van der Waals surface area contributed by atoms with Crippen LogP contribution in [0.5, 0.6) is 5.75 Å². The number of nitrogens with two attached hydrogens (primary N) is 1. The number of piperidine rings is 1. The molecule has 0 saturated carbocycles. The van der Waals surface area contributed by atoms with Crippen molar-refractivity contribution in [1.29, 1.82) is 0 Å². The van der Waals surface area contributed by atoms with Gasteiger partial charge in [0.2, 0.25) is 11.9 Å². The molecule has 0 atom stereocenters. The highest BCUT2D eigenvalue weighted by molar-refractivity contribution is 5.76. The van der Waals surface area contributed by atoms with Crippen LogP contribution in [-0.4, -0.2) is 47.1 Å². The van der Waals surface area contributed by atoms with Gasteiger partial charge in [0.05, 0.1) is 18.9 Å². The van der Waals surface area contributed by atoms with Crippen molar-refractivity contribution in [3.05, 3.63) is 47.8 Å². The second-order valence-corrected chi connectivity index (χ2v) is 7.34. The number of carbonyl (C=O) groups is 1. The zero-order valence-corrected chi connectivity index (χ0v) is 16.0. The van der Waals surface area contributed by atoms with Gasteiger partial charge in [0, 0.05) is 25.7 Å². The van der Waals surface area contributed by atoms with Gasteiger partial charge in [0.25, 0.3) is 0 Å². The average molecular weight is 382 g/mol. The topological polar surface area (TPSA) is 90.6 Å². The zero-order chi connectivity index (χ0) is 19.4. The SMILES string of the molecule is Nc1ncc2c(n1)C1(CCN(C(=O)CCCOc3ccccc3)CC1)OCC2. The van der Waals surface area contributed by atoms with E-state index in [4.69, 9.17) is 15.2 Å². The second kappa shape index (κ2) is 8.14. The molecule has 1 amide bonds. The van der Waals surface area contributed by atoms with Gasteiger partial charge in [-0.15, -0.1) is 0 Å². The standard InChI is InChI=1S/C21H26N4O3/c22-20-23-15-16-8-14-28-21(19(16)24-20)9-11-25(12-10-21)18(26)7-4-13-27-17-5-2-1-3-6-17/h1-3,5-6,15H,4,7-14H2,(H2,22,23,24). The van der Waals surface area contributed by atoms with Gasteiger partial charge in [0.1, 0.15) is 11.4 Å². The molecule has 7 nitrogen and oxygen atoms in total. The van der Waals surface area contributed by atoms with E-state index >= 15 is 0 Å². The molecule has 1 aromatic heterocycles. The first-order chi connectivity index (χ1) is 13.7. The van der Waals surface area contributed by atoms with Crippen molar-refractivity contribution in [2.75, 3.05) is 32.0 Å². The Hall–Kier alpha value is -2.67. The number of benzene rings is 1. The summed E-state index contributed by atoms with van der Waals surface area (Å²) in [4.78, 5) is 23.1. The fraction of sp³-hybridized carbons (Fsp3) is 0.476. The highest BCUT2D eigenvalue weighted by Crippen LogP contribution is 2.40. The highest BCUT2D eigenvalue weighted by atomic mass is 16.5. The molecule has 0 radical (unpaired) electrons. The normalized spacial score (nSPS) is 17.9. The van der Waals surface area contributed by atoms with E-state index in [2.05, 4.69) is 9.97 Å². The fourth-order valence-corrected chi connectivity index (χ4v) is 4.01. The van der Waals surface area contributed by atoms with E-state index in [9.17, 15) is 4.79 Å². The van der Waals surface area contributed by atoms with Crippen LogP contribution in [0.1, 0.15) is 36.9 Å². The number of aromatic nitrogens is 2. The van der Waals surface area contributed by atoms with E-state index in [1.165, 1.54) is 0 Å². The summed E-state index contributed by atoms with van der Waals surface area (Å²) < 4.78 is 11.8. The van der Waals surface area contributed by atoms with Crippen LogP contribution in [0.4, 0.5) is 5.95 Å². The molecule has 148 valence electrons. The van der Waals surface area contributed by atoms with Gasteiger partial charge in [0.15, 0.2) is 0 Å². The fourth-order valence-electron chi connectivity index (χ4n) is 4.01. The van der Waals surface area contributed by atoms with Crippen LogP contribution < -0.4 is 10.5 Å². The van der Waals surface area contributed by atoms with Crippen LogP contribution in [0.3, 0.4) is 0 Å². The molecule has 2 N–H and O–H groups in total. The largest absolute Gasteiger partial charge is 0.494 e. The molecule has 3 heterocycles. The van der Waals surface area contributed by atoms with Gasteiger partial charge < -0.3 is 20.1 Å². The first-order valence-electron chi connectivity index (χ1n) is 9.88. The quantitative estimate of drug-likeness (QED) is 0.798.